The molecular formula is C16H16F4N2O4. The van der Waals surface area contributed by atoms with E-state index in [0.717, 1.165) is 12.4 Å². The van der Waals surface area contributed by atoms with Crippen molar-refractivity contribution in [3.8, 4) is 0 Å². The highest BCUT2D eigenvalue weighted by Gasteiger charge is 2.15. The Morgan fingerprint density at radius 1 is 1.04 bits per heavy atom. The largest absolute Gasteiger partial charge is 0.384 e. The van der Waals surface area contributed by atoms with E-state index in [4.69, 9.17) is 0 Å². The molecule has 26 heavy (non-hydrogen) atoms. The lowest BCUT2D eigenvalue weighted by Crippen LogP contribution is -2.11. The molecule has 0 aliphatic rings. The van der Waals surface area contributed by atoms with Crippen LogP contribution >= 0.6 is 0 Å². The van der Waals surface area contributed by atoms with Crippen LogP contribution in [0.15, 0.2) is 24.5 Å². The van der Waals surface area contributed by atoms with E-state index in [9.17, 15) is 27.5 Å². The summed E-state index contributed by atoms with van der Waals surface area (Å²) in [6.45, 7) is -0.342. The number of aromatic nitrogens is 2. The summed E-state index contributed by atoms with van der Waals surface area (Å²) in [5, 5.41) is 9.24. The first-order valence-electron chi connectivity index (χ1n) is 7.11. The van der Waals surface area contributed by atoms with Crippen LogP contribution in [0.3, 0.4) is 0 Å². The fourth-order valence-corrected chi connectivity index (χ4v) is 1.73. The van der Waals surface area contributed by atoms with E-state index in [2.05, 4.69) is 19.4 Å². The lowest BCUT2D eigenvalue weighted by atomic mass is 10.2. The Labute approximate surface area is 146 Å². The summed E-state index contributed by atoms with van der Waals surface area (Å²) < 4.78 is 59.6. The lowest BCUT2D eigenvalue weighted by molar-refractivity contribution is 0.0591. The predicted molar refractivity (Wildman–Crippen MR) is 81.3 cm³/mol. The molecule has 10 heteroatoms. The van der Waals surface area contributed by atoms with Gasteiger partial charge in [-0.05, 0) is 0 Å². The minimum absolute atomic E-state index is 0.0739. The Balaban J connectivity index is 0.000000260. The van der Waals surface area contributed by atoms with Gasteiger partial charge in [-0.15, -0.1) is 0 Å². The van der Waals surface area contributed by atoms with Crippen LogP contribution in [0.2, 0.25) is 0 Å². The number of halogens is 4. The highest BCUT2D eigenvalue weighted by atomic mass is 19.1. The second-order valence-corrected chi connectivity index (χ2v) is 4.83. The van der Waals surface area contributed by atoms with Crippen molar-refractivity contribution in [1.82, 2.24) is 9.97 Å². The minimum atomic E-state index is -1.16. The number of pyridine rings is 2. The van der Waals surface area contributed by atoms with Crippen LogP contribution in [-0.4, -0.2) is 48.3 Å². The van der Waals surface area contributed by atoms with Crippen molar-refractivity contribution in [3.63, 3.8) is 0 Å². The summed E-state index contributed by atoms with van der Waals surface area (Å²) in [5.41, 5.74) is -0.605. The molecule has 6 nitrogen and oxygen atoms in total. The Hall–Kier alpha value is -2.43. The number of hydrogen-bond acceptors (Lipinski definition) is 6. The summed E-state index contributed by atoms with van der Waals surface area (Å²) in [4.78, 5) is 17.8. The average molecular weight is 376 g/mol. The summed E-state index contributed by atoms with van der Waals surface area (Å²) >= 11 is 0. The van der Waals surface area contributed by atoms with Gasteiger partial charge in [0.1, 0.15) is 41.6 Å². The van der Waals surface area contributed by atoms with E-state index in [1.165, 1.54) is 14.2 Å². The zero-order chi connectivity index (χ0) is 19.7. The average Bonchev–Trinajstić information content (AvgIpc) is 2.55. The predicted octanol–water partition coefficient (Wildman–Crippen LogP) is 2.23. The van der Waals surface area contributed by atoms with Gasteiger partial charge in [0.25, 0.3) is 0 Å². The number of methoxy groups -OCH3 is 2. The molecule has 0 saturated heterocycles. The van der Waals surface area contributed by atoms with E-state index in [1.807, 2.05) is 0 Å². The highest BCUT2D eigenvalue weighted by Crippen LogP contribution is 2.14. The number of carbonyl (C=O) groups excluding carboxylic acids is 1. The molecule has 2 aromatic heterocycles. The van der Waals surface area contributed by atoms with E-state index in [-0.39, 0.29) is 18.9 Å². The van der Waals surface area contributed by atoms with Gasteiger partial charge in [0, 0.05) is 26.4 Å². The van der Waals surface area contributed by atoms with Gasteiger partial charge in [-0.2, -0.15) is 0 Å². The number of Topliss-reactive ketones (excluding diaryl/α,β-unsaturated/α-hetero) is 1. The van der Waals surface area contributed by atoms with Crippen molar-refractivity contribution in [2.75, 3.05) is 27.4 Å². The Kier molecular flexibility index (Phi) is 8.76. The zero-order valence-electron chi connectivity index (χ0n) is 13.9. The van der Waals surface area contributed by atoms with Crippen LogP contribution in [0.1, 0.15) is 22.3 Å². The second kappa shape index (κ2) is 10.5. The first kappa shape index (κ1) is 21.6. The molecule has 1 unspecified atom stereocenters. The first-order chi connectivity index (χ1) is 12.3. The Bertz CT molecular complexity index is 746. The van der Waals surface area contributed by atoms with Gasteiger partial charge < -0.3 is 14.6 Å². The SMILES string of the molecule is COCC(=O)c1ncc(F)cc1F.COCC(O)c1ncc(F)cc1F. The molecule has 0 saturated carbocycles. The van der Waals surface area contributed by atoms with E-state index < -0.39 is 40.9 Å². The van der Waals surface area contributed by atoms with Gasteiger partial charge in [0.15, 0.2) is 5.82 Å². The Morgan fingerprint density at radius 3 is 2.12 bits per heavy atom. The molecule has 2 rings (SSSR count). The number of carbonyl (C=O) groups is 1. The van der Waals surface area contributed by atoms with Crippen molar-refractivity contribution < 1.29 is 36.9 Å². The van der Waals surface area contributed by atoms with Crippen LogP contribution in [0.5, 0.6) is 0 Å². The molecule has 0 aliphatic heterocycles. The number of aliphatic hydroxyl groups excluding tert-OH is 1. The summed E-state index contributed by atoms with van der Waals surface area (Å²) in [6, 6.07) is 1.27. The summed E-state index contributed by atoms with van der Waals surface area (Å²) in [5.74, 6) is -4.04. The van der Waals surface area contributed by atoms with Crippen LogP contribution in [-0.2, 0) is 9.47 Å². The smallest absolute Gasteiger partial charge is 0.209 e. The number of ether oxygens (including phenoxy) is 2. The van der Waals surface area contributed by atoms with Gasteiger partial charge in [-0.1, -0.05) is 0 Å². The standard InChI is InChI=1S/C8H9F2NO2.C8H7F2NO2/c2*1-13-4-7(12)8-6(10)2-5(9)3-11-8/h2-3,7,12H,4H2,1H3;2-3H,4H2,1H3. The minimum Gasteiger partial charge on any atom is -0.384 e. The van der Waals surface area contributed by atoms with Crippen LogP contribution in [0.4, 0.5) is 17.6 Å². The molecule has 1 atom stereocenters. The number of ketones is 1. The van der Waals surface area contributed by atoms with E-state index in [1.54, 1.807) is 0 Å². The maximum atomic E-state index is 12.9. The third-order valence-corrected chi connectivity index (χ3v) is 2.82. The number of hydrogen-bond donors (Lipinski definition) is 1. The van der Waals surface area contributed by atoms with Crippen LogP contribution in [0, 0.1) is 23.3 Å². The number of nitrogens with zero attached hydrogens (tertiary/aromatic N) is 2. The van der Waals surface area contributed by atoms with Crippen molar-refractivity contribution in [2.24, 2.45) is 0 Å². The molecule has 0 bridgehead atoms. The summed E-state index contributed by atoms with van der Waals surface area (Å²) in [6.07, 6.45) is 0.467. The van der Waals surface area contributed by atoms with E-state index >= 15 is 0 Å². The van der Waals surface area contributed by atoms with Crippen molar-refractivity contribution in [1.29, 1.82) is 0 Å². The molecule has 0 amide bonds. The zero-order valence-corrected chi connectivity index (χ0v) is 13.9. The van der Waals surface area contributed by atoms with Gasteiger partial charge in [0.05, 0.1) is 19.0 Å². The van der Waals surface area contributed by atoms with Gasteiger partial charge >= 0.3 is 0 Å². The number of aliphatic hydroxyl groups is 1. The maximum absolute atomic E-state index is 12.9. The molecular weight excluding hydrogens is 360 g/mol. The lowest BCUT2D eigenvalue weighted by Gasteiger charge is -2.08. The molecule has 142 valence electrons. The van der Waals surface area contributed by atoms with E-state index in [0.29, 0.717) is 12.1 Å². The van der Waals surface area contributed by atoms with Gasteiger partial charge in [-0.3, -0.25) is 9.78 Å². The highest BCUT2D eigenvalue weighted by molar-refractivity contribution is 5.95. The van der Waals surface area contributed by atoms with Crippen molar-refractivity contribution in [3.05, 3.63) is 59.2 Å². The van der Waals surface area contributed by atoms with Gasteiger partial charge in [-0.25, -0.2) is 22.5 Å². The van der Waals surface area contributed by atoms with Crippen LogP contribution < -0.4 is 0 Å². The monoisotopic (exact) mass is 376 g/mol. The second-order valence-electron chi connectivity index (χ2n) is 4.83. The third-order valence-electron chi connectivity index (χ3n) is 2.82. The fourth-order valence-electron chi connectivity index (χ4n) is 1.73. The number of rotatable bonds is 6. The Morgan fingerprint density at radius 2 is 1.62 bits per heavy atom. The molecule has 0 radical (unpaired) electrons. The summed E-state index contributed by atoms with van der Waals surface area (Å²) in [7, 11) is 2.67. The fraction of sp³-hybridized carbons (Fsp3) is 0.312. The molecule has 0 aliphatic carbocycles. The van der Waals surface area contributed by atoms with Crippen molar-refractivity contribution >= 4 is 5.78 Å². The van der Waals surface area contributed by atoms with Crippen molar-refractivity contribution in [2.45, 2.75) is 6.10 Å². The quantitative estimate of drug-likeness (QED) is 0.615. The van der Waals surface area contributed by atoms with Crippen LogP contribution in [0.25, 0.3) is 0 Å². The molecule has 2 aromatic rings. The first-order valence-corrected chi connectivity index (χ1v) is 7.11. The molecule has 0 aromatic carbocycles. The molecule has 2 heterocycles. The molecule has 0 fully saturated rings. The molecule has 1 N–H and O–H groups in total. The topological polar surface area (TPSA) is 81.5 Å². The maximum Gasteiger partial charge on any atom is 0.209 e. The molecule has 0 spiro atoms. The normalized spacial score (nSPS) is 11.5. The van der Waals surface area contributed by atoms with Gasteiger partial charge in [0.2, 0.25) is 5.78 Å². The third kappa shape index (κ3) is 6.47.